The van der Waals surface area contributed by atoms with Crippen molar-refractivity contribution in [2.75, 3.05) is 0 Å². The van der Waals surface area contributed by atoms with Crippen molar-refractivity contribution < 1.29 is 8.42 Å². The molecule has 21 heavy (non-hydrogen) atoms. The molecule has 0 bridgehead atoms. The van der Waals surface area contributed by atoms with Crippen molar-refractivity contribution in [1.29, 1.82) is 0 Å². The monoisotopic (exact) mass is 310 g/mol. The topological polar surface area (TPSA) is 58.2 Å². The number of benzene rings is 1. The first-order valence-electron chi connectivity index (χ1n) is 7.73. The minimum Gasteiger partial charge on any atom is -0.310 e. The summed E-state index contributed by atoms with van der Waals surface area (Å²) >= 11 is 0. The van der Waals surface area contributed by atoms with Crippen LogP contribution < -0.4 is 10.0 Å². The molecule has 1 aliphatic carbocycles. The lowest BCUT2D eigenvalue weighted by Gasteiger charge is -2.17. The van der Waals surface area contributed by atoms with Crippen LogP contribution in [0.25, 0.3) is 0 Å². The summed E-state index contributed by atoms with van der Waals surface area (Å²) in [6.45, 7) is 7.04. The Kier molecular flexibility index (Phi) is 5.41. The fourth-order valence-corrected chi connectivity index (χ4v) is 4.08. The lowest BCUT2D eigenvalue weighted by Crippen LogP contribution is -2.36. The highest BCUT2D eigenvalue weighted by atomic mass is 32.2. The van der Waals surface area contributed by atoms with E-state index in [1.54, 1.807) is 12.1 Å². The number of nitrogens with one attached hydrogen (secondary N) is 2. The third-order valence-electron chi connectivity index (χ3n) is 4.12. The molecule has 1 aliphatic rings. The number of hydrogen-bond donors (Lipinski definition) is 2. The predicted octanol–water partition coefficient (Wildman–Crippen LogP) is 2.65. The normalized spacial score (nSPS) is 22.9. The zero-order valence-corrected chi connectivity index (χ0v) is 13.9. The summed E-state index contributed by atoms with van der Waals surface area (Å²) < 4.78 is 27.6. The van der Waals surface area contributed by atoms with Gasteiger partial charge >= 0.3 is 0 Å². The smallest absolute Gasteiger partial charge is 0.240 e. The molecular weight excluding hydrogens is 284 g/mol. The minimum absolute atomic E-state index is 0.0808. The summed E-state index contributed by atoms with van der Waals surface area (Å²) in [5.74, 6) is 0.425. The van der Waals surface area contributed by atoms with Gasteiger partial charge in [0.2, 0.25) is 10.0 Å². The van der Waals surface area contributed by atoms with E-state index < -0.39 is 10.0 Å². The molecule has 1 aromatic rings. The lowest BCUT2D eigenvalue weighted by atomic mass is 10.1. The summed E-state index contributed by atoms with van der Waals surface area (Å²) in [6.07, 6.45) is 3.15. The molecule has 0 radical (unpaired) electrons. The number of rotatable bonds is 6. The fourth-order valence-electron chi connectivity index (χ4n) is 2.70. The Balaban J connectivity index is 2.03. The molecule has 2 N–H and O–H groups in total. The van der Waals surface area contributed by atoms with Crippen LogP contribution in [0, 0.1) is 5.92 Å². The van der Waals surface area contributed by atoms with Gasteiger partial charge in [-0.3, -0.25) is 0 Å². The molecule has 1 aromatic carbocycles. The molecule has 5 heteroatoms. The van der Waals surface area contributed by atoms with Gasteiger partial charge in [-0.2, -0.15) is 0 Å². The molecule has 0 heterocycles. The molecule has 0 saturated heterocycles. The Morgan fingerprint density at radius 1 is 1.19 bits per heavy atom. The summed E-state index contributed by atoms with van der Waals surface area (Å²) in [5.41, 5.74) is 1.09. The Hall–Kier alpha value is -0.910. The third-order valence-corrected chi connectivity index (χ3v) is 5.62. The maximum atomic E-state index is 12.4. The quantitative estimate of drug-likeness (QED) is 0.849. The molecule has 0 aromatic heterocycles. The first-order valence-corrected chi connectivity index (χ1v) is 9.21. The average Bonchev–Trinajstić information content (AvgIpc) is 2.82. The van der Waals surface area contributed by atoms with Gasteiger partial charge in [0.1, 0.15) is 0 Å². The van der Waals surface area contributed by atoms with Crippen molar-refractivity contribution in [2.24, 2.45) is 5.92 Å². The van der Waals surface area contributed by atoms with Crippen LogP contribution in [-0.2, 0) is 16.6 Å². The average molecular weight is 310 g/mol. The van der Waals surface area contributed by atoms with Crippen LogP contribution in [0.1, 0.15) is 45.6 Å². The van der Waals surface area contributed by atoms with Gasteiger partial charge in [0.25, 0.3) is 0 Å². The molecule has 2 atom stereocenters. The molecule has 1 fully saturated rings. The molecule has 0 aliphatic heterocycles. The van der Waals surface area contributed by atoms with Crippen LogP contribution in [-0.4, -0.2) is 20.5 Å². The maximum absolute atomic E-state index is 12.4. The van der Waals surface area contributed by atoms with Crippen LogP contribution in [0.4, 0.5) is 0 Å². The standard InChI is InChI=1S/C16H26N2O2S/c1-12(2)17-11-14-7-9-15(10-8-14)21(19,20)18-16-6-4-5-13(16)3/h7-10,12-13,16-18H,4-6,11H2,1-3H3. The van der Waals surface area contributed by atoms with E-state index in [-0.39, 0.29) is 6.04 Å². The maximum Gasteiger partial charge on any atom is 0.240 e. The zero-order chi connectivity index (χ0) is 15.5. The summed E-state index contributed by atoms with van der Waals surface area (Å²) in [6, 6.07) is 7.64. The second-order valence-corrected chi connectivity index (χ2v) is 8.03. The molecule has 4 nitrogen and oxygen atoms in total. The fraction of sp³-hybridized carbons (Fsp3) is 0.625. The predicted molar refractivity (Wildman–Crippen MR) is 85.5 cm³/mol. The summed E-state index contributed by atoms with van der Waals surface area (Å²) in [5, 5.41) is 3.32. The van der Waals surface area contributed by atoms with Crippen molar-refractivity contribution >= 4 is 10.0 Å². The highest BCUT2D eigenvalue weighted by Crippen LogP contribution is 2.26. The van der Waals surface area contributed by atoms with E-state index >= 15 is 0 Å². The molecule has 0 spiro atoms. The third kappa shape index (κ3) is 4.53. The van der Waals surface area contributed by atoms with Crippen LogP contribution in [0.5, 0.6) is 0 Å². The minimum atomic E-state index is -3.40. The van der Waals surface area contributed by atoms with E-state index in [1.165, 1.54) is 0 Å². The van der Waals surface area contributed by atoms with Crippen LogP contribution in [0.2, 0.25) is 0 Å². The number of hydrogen-bond acceptors (Lipinski definition) is 3. The van der Waals surface area contributed by atoms with Gasteiger partial charge in [0.05, 0.1) is 4.90 Å². The van der Waals surface area contributed by atoms with Crippen molar-refractivity contribution in [3.8, 4) is 0 Å². The molecule has 0 amide bonds. The van der Waals surface area contributed by atoms with Gasteiger partial charge in [-0.1, -0.05) is 39.3 Å². The van der Waals surface area contributed by atoms with Crippen molar-refractivity contribution in [2.45, 2.75) is 63.6 Å². The Morgan fingerprint density at radius 2 is 1.86 bits per heavy atom. The molecular formula is C16H26N2O2S. The first-order chi connectivity index (χ1) is 9.88. The van der Waals surface area contributed by atoms with E-state index in [4.69, 9.17) is 0 Å². The molecule has 118 valence electrons. The van der Waals surface area contributed by atoms with Crippen LogP contribution >= 0.6 is 0 Å². The van der Waals surface area contributed by atoms with Crippen molar-refractivity contribution in [3.05, 3.63) is 29.8 Å². The zero-order valence-electron chi connectivity index (χ0n) is 13.1. The van der Waals surface area contributed by atoms with Gasteiger partial charge in [0.15, 0.2) is 0 Å². The second-order valence-electron chi connectivity index (χ2n) is 6.32. The molecule has 2 unspecified atom stereocenters. The van der Waals surface area contributed by atoms with Crippen molar-refractivity contribution in [1.82, 2.24) is 10.0 Å². The van der Waals surface area contributed by atoms with Crippen LogP contribution in [0.3, 0.4) is 0 Å². The Bertz CT molecular complexity index is 552. The highest BCUT2D eigenvalue weighted by Gasteiger charge is 2.28. The van der Waals surface area contributed by atoms with Crippen molar-refractivity contribution in [3.63, 3.8) is 0 Å². The summed E-state index contributed by atoms with van der Waals surface area (Å²) in [7, 11) is -3.40. The van der Waals surface area contributed by atoms with Gasteiger partial charge in [-0.05, 0) is 36.5 Å². The Labute approximate surface area is 128 Å². The SMILES string of the molecule is CC(C)NCc1ccc(S(=O)(=O)NC2CCCC2C)cc1. The largest absolute Gasteiger partial charge is 0.310 e. The van der Waals surface area contributed by atoms with E-state index in [9.17, 15) is 8.42 Å². The second kappa shape index (κ2) is 6.90. The van der Waals surface area contributed by atoms with E-state index in [0.717, 1.165) is 31.4 Å². The van der Waals surface area contributed by atoms with Gasteiger partial charge < -0.3 is 5.32 Å². The first kappa shape index (κ1) is 16.5. The van der Waals surface area contributed by atoms with E-state index in [2.05, 4.69) is 30.8 Å². The summed E-state index contributed by atoms with van der Waals surface area (Å²) in [4.78, 5) is 0.356. The lowest BCUT2D eigenvalue weighted by molar-refractivity contribution is 0.476. The van der Waals surface area contributed by atoms with Gasteiger partial charge in [0, 0.05) is 18.6 Å². The van der Waals surface area contributed by atoms with Crippen LogP contribution in [0.15, 0.2) is 29.2 Å². The molecule has 2 rings (SSSR count). The highest BCUT2D eigenvalue weighted by molar-refractivity contribution is 7.89. The number of sulfonamides is 1. The van der Waals surface area contributed by atoms with Gasteiger partial charge in [-0.25, -0.2) is 13.1 Å². The van der Waals surface area contributed by atoms with E-state index in [0.29, 0.717) is 16.9 Å². The Morgan fingerprint density at radius 3 is 2.38 bits per heavy atom. The van der Waals surface area contributed by atoms with E-state index in [1.807, 2.05) is 12.1 Å². The molecule has 1 saturated carbocycles. The van der Waals surface area contributed by atoms with Gasteiger partial charge in [-0.15, -0.1) is 0 Å².